The molecule has 0 amide bonds. The molecule has 3 aliphatic rings. The highest BCUT2D eigenvalue weighted by Gasteiger charge is 2.27. The number of nitrogens with zero attached hydrogens (tertiary/aromatic N) is 5. The monoisotopic (exact) mass is 568 g/mol. The number of likely N-dealkylation sites (tertiary alicyclic amines) is 1. The zero-order chi connectivity index (χ0) is 28.4. The molecule has 228 valence electrons. The molecule has 2 saturated heterocycles. The molecule has 1 aliphatic carbocycles. The van der Waals surface area contributed by atoms with E-state index in [1.165, 1.54) is 70.9 Å². The van der Waals surface area contributed by atoms with E-state index < -0.39 is 0 Å². The molecule has 0 atom stereocenters. The highest BCUT2D eigenvalue weighted by atomic mass is 16.5. The van der Waals surface area contributed by atoms with Crippen molar-refractivity contribution < 1.29 is 14.2 Å². The largest absolute Gasteiger partial charge is 0.493 e. The van der Waals surface area contributed by atoms with Crippen LogP contribution in [0.5, 0.6) is 11.5 Å². The molecule has 41 heavy (non-hydrogen) atoms. The molecule has 2 aromatic rings. The van der Waals surface area contributed by atoms with Crippen molar-refractivity contribution in [1.82, 2.24) is 19.8 Å². The minimum absolute atomic E-state index is 0.408. The smallest absolute Gasteiger partial charge is 0.227 e. The number of rotatable bonds is 12. The van der Waals surface area contributed by atoms with E-state index in [9.17, 15) is 0 Å². The Morgan fingerprint density at radius 2 is 1.56 bits per heavy atom. The van der Waals surface area contributed by atoms with Gasteiger partial charge < -0.3 is 34.2 Å². The zero-order valence-corrected chi connectivity index (χ0v) is 25.7. The normalized spacial score (nSPS) is 20.0. The predicted octanol–water partition coefficient (Wildman–Crippen LogP) is 5.18. The highest BCUT2D eigenvalue weighted by Crippen LogP contribution is 2.36. The Kier molecular flexibility index (Phi) is 11.2. The van der Waals surface area contributed by atoms with Gasteiger partial charge in [-0.25, -0.2) is 4.98 Å². The summed E-state index contributed by atoms with van der Waals surface area (Å²) < 4.78 is 17.7. The third-order valence-electron chi connectivity index (χ3n) is 8.99. The fourth-order valence-corrected chi connectivity index (χ4v) is 6.53. The van der Waals surface area contributed by atoms with E-state index in [0.29, 0.717) is 37.4 Å². The molecule has 3 fully saturated rings. The minimum Gasteiger partial charge on any atom is -0.493 e. The number of likely N-dealkylation sites (N-methyl/N-ethyl adjacent to an activating group) is 1. The molecular weight excluding hydrogens is 516 g/mol. The SMILES string of the molecule is COc1cc2c(NC3CCN(C4CCCCC4)CC3)nc(N3CCCCCC3)nc2cc1OCCOCCN(C)C. The first-order valence-corrected chi connectivity index (χ1v) is 16.1. The second-order valence-corrected chi connectivity index (χ2v) is 12.3. The third-order valence-corrected chi connectivity index (χ3v) is 8.99. The Hall–Kier alpha value is -2.36. The average Bonchev–Trinajstić information content (AvgIpc) is 3.29. The maximum absolute atomic E-state index is 6.14. The van der Waals surface area contributed by atoms with Crippen molar-refractivity contribution in [3.05, 3.63) is 12.1 Å². The van der Waals surface area contributed by atoms with Gasteiger partial charge in [0, 0.05) is 56.3 Å². The molecule has 0 bridgehead atoms. The average molecular weight is 569 g/mol. The Morgan fingerprint density at radius 1 is 0.829 bits per heavy atom. The standard InChI is InChI=1S/C32H52N6O3/c1-36(2)19-20-40-21-22-41-30-24-28-27(23-29(30)39-3)31(35-32(34-28)38-15-9-4-5-10-16-38)33-25-13-17-37(18-14-25)26-11-7-6-8-12-26/h23-26H,4-22H2,1-3H3,(H,33,34,35). The van der Waals surface area contributed by atoms with Crippen LogP contribution in [0, 0.1) is 0 Å². The number of methoxy groups -OCH3 is 1. The first-order valence-electron chi connectivity index (χ1n) is 16.1. The van der Waals surface area contributed by atoms with Crippen molar-refractivity contribution in [3.63, 3.8) is 0 Å². The molecule has 9 heteroatoms. The van der Waals surface area contributed by atoms with Crippen LogP contribution in [0.1, 0.15) is 70.6 Å². The van der Waals surface area contributed by atoms with Gasteiger partial charge in [0.25, 0.3) is 0 Å². The van der Waals surface area contributed by atoms with Crippen LogP contribution in [-0.2, 0) is 4.74 Å². The molecule has 0 unspecified atom stereocenters. The second kappa shape index (κ2) is 15.2. The van der Waals surface area contributed by atoms with Crippen molar-refractivity contribution >= 4 is 22.7 Å². The molecule has 5 rings (SSSR count). The lowest BCUT2D eigenvalue weighted by molar-refractivity contribution is 0.0881. The molecule has 0 spiro atoms. The van der Waals surface area contributed by atoms with Crippen molar-refractivity contribution in [2.45, 2.75) is 82.7 Å². The number of ether oxygens (including phenoxy) is 3. The van der Waals surface area contributed by atoms with E-state index in [-0.39, 0.29) is 0 Å². The van der Waals surface area contributed by atoms with Gasteiger partial charge in [-0.3, -0.25) is 0 Å². The van der Waals surface area contributed by atoms with Crippen LogP contribution in [-0.4, -0.2) is 106 Å². The summed E-state index contributed by atoms with van der Waals surface area (Å²) in [5, 5.41) is 4.85. The number of anilines is 2. The topological polar surface area (TPSA) is 75.2 Å². The number of benzene rings is 1. The van der Waals surface area contributed by atoms with E-state index in [1.54, 1.807) is 7.11 Å². The van der Waals surface area contributed by atoms with Gasteiger partial charge in [0.05, 0.1) is 25.8 Å². The third kappa shape index (κ3) is 8.36. The Labute approximate surface area is 246 Å². The van der Waals surface area contributed by atoms with Crippen molar-refractivity contribution in [3.8, 4) is 11.5 Å². The molecule has 3 heterocycles. The van der Waals surface area contributed by atoms with Gasteiger partial charge in [-0.1, -0.05) is 32.1 Å². The Morgan fingerprint density at radius 3 is 2.27 bits per heavy atom. The van der Waals surface area contributed by atoms with Gasteiger partial charge in [0.1, 0.15) is 12.4 Å². The summed E-state index contributed by atoms with van der Waals surface area (Å²) in [6, 6.07) is 5.27. The summed E-state index contributed by atoms with van der Waals surface area (Å²) in [5.74, 6) is 3.14. The lowest BCUT2D eigenvalue weighted by atomic mass is 9.92. The minimum atomic E-state index is 0.408. The first kappa shape index (κ1) is 30.1. The number of piperidine rings is 1. The molecule has 9 nitrogen and oxygen atoms in total. The van der Waals surface area contributed by atoms with Gasteiger partial charge in [-0.2, -0.15) is 4.98 Å². The molecule has 0 radical (unpaired) electrons. The highest BCUT2D eigenvalue weighted by molar-refractivity contribution is 5.93. The van der Waals surface area contributed by atoms with Crippen molar-refractivity contribution in [1.29, 1.82) is 0 Å². The van der Waals surface area contributed by atoms with Gasteiger partial charge in [-0.05, 0) is 58.7 Å². The Balaban J connectivity index is 1.33. The maximum Gasteiger partial charge on any atom is 0.227 e. The van der Waals surface area contributed by atoms with Gasteiger partial charge in [-0.15, -0.1) is 0 Å². The fraction of sp³-hybridized carbons (Fsp3) is 0.750. The summed E-state index contributed by atoms with van der Waals surface area (Å²) >= 11 is 0. The van der Waals surface area contributed by atoms with E-state index in [2.05, 4.69) is 20.0 Å². The number of hydrogen-bond donors (Lipinski definition) is 1. The van der Waals surface area contributed by atoms with E-state index in [4.69, 9.17) is 24.2 Å². The van der Waals surface area contributed by atoms with Gasteiger partial charge in [0.15, 0.2) is 11.5 Å². The van der Waals surface area contributed by atoms with Crippen LogP contribution in [0.4, 0.5) is 11.8 Å². The molecule has 1 N–H and O–H groups in total. The van der Waals surface area contributed by atoms with Crippen molar-refractivity contribution in [2.24, 2.45) is 0 Å². The van der Waals surface area contributed by atoms with E-state index in [1.807, 2.05) is 26.2 Å². The van der Waals surface area contributed by atoms with Crippen LogP contribution in [0.2, 0.25) is 0 Å². The van der Waals surface area contributed by atoms with Crippen LogP contribution in [0.25, 0.3) is 10.9 Å². The molecule has 1 aromatic carbocycles. The number of fused-ring (bicyclic) bond motifs is 1. The van der Waals surface area contributed by atoms with E-state index in [0.717, 1.165) is 61.2 Å². The maximum atomic E-state index is 6.14. The van der Waals surface area contributed by atoms with E-state index >= 15 is 0 Å². The van der Waals surface area contributed by atoms with Crippen LogP contribution in [0.15, 0.2) is 12.1 Å². The summed E-state index contributed by atoms with van der Waals surface area (Å²) in [7, 11) is 5.79. The number of nitrogens with one attached hydrogen (secondary N) is 1. The summed E-state index contributed by atoms with van der Waals surface area (Å²) in [6.45, 7) is 6.93. The molecular formula is C32H52N6O3. The quantitative estimate of drug-likeness (QED) is 0.348. The predicted molar refractivity (Wildman–Crippen MR) is 167 cm³/mol. The van der Waals surface area contributed by atoms with Crippen LogP contribution in [0.3, 0.4) is 0 Å². The second-order valence-electron chi connectivity index (χ2n) is 12.3. The lowest BCUT2D eigenvalue weighted by Gasteiger charge is -2.39. The van der Waals surface area contributed by atoms with Crippen LogP contribution >= 0.6 is 0 Å². The fourth-order valence-electron chi connectivity index (χ4n) is 6.53. The van der Waals surface area contributed by atoms with Crippen molar-refractivity contribution in [2.75, 3.05) is 84.0 Å². The number of hydrogen-bond acceptors (Lipinski definition) is 9. The lowest BCUT2D eigenvalue weighted by Crippen LogP contribution is -2.45. The molecule has 2 aliphatic heterocycles. The van der Waals surface area contributed by atoms with Crippen LogP contribution < -0.4 is 19.7 Å². The molecule has 1 saturated carbocycles. The van der Waals surface area contributed by atoms with Gasteiger partial charge in [0.2, 0.25) is 5.95 Å². The van der Waals surface area contributed by atoms with Gasteiger partial charge >= 0.3 is 0 Å². The summed E-state index contributed by atoms with van der Waals surface area (Å²) in [5.41, 5.74) is 0.894. The summed E-state index contributed by atoms with van der Waals surface area (Å²) in [6.07, 6.45) is 14.2. The number of aromatic nitrogens is 2. The first-order chi connectivity index (χ1) is 20.1. The Bertz CT molecular complexity index is 1080. The summed E-state index contributed by atoms with van der Waals surface area (Å²) in [4.78, 5) is 17.5. The molecule has 1 aromatic heterocycles. The zero-order valence-electron chi connectivity index (χ0n) is 25.7.